The number of rotatable bonds is 5. The second-order valence-corrected chi connectivity index (χ2v) is 6.73. The van der Waals surface area contributed by atoms with Gasteiger partial charge in [0, 0.05) is 31.0 Å². The van der Waals surface area contributed by atoms with Crippen molar-refractivity contribution in [3.63, 3.8) is 0 Å². The maximum atomic E-state index is 12.8. The third kappa shape index (κ3) is 4.28. The Kier molecular flexibility index (Phi) is 5.53. The smallest absolute Gasteiger partial charge is 0.253 e. The number of carbonyl (C=O) groups is 1. The summed E-state index contributed by atoms with van der Waals surface area (Å²) in [5, 5.41) is 4.50. The van der Waals surface area contributed by atoms with Crippen LogP contribution in [-0.4, -0.2) is 46.4 Å². The number of ether oxygens (including phenoxy) is 1. The number of nitrogens with zero attached hydrogens (tertiary/aromatic N) is 3. The fraction of sp³-hybridized carbons (Fsp3) is 0.500. The summed E-state index contributed by atoms with van der Waals surface area (Å²) in [5.74, 6) is 0.116. The van der Waals surface area contributed by atoms with E-state index in [0.29, 0.717) is 12.6 Å². The average molecular weight is 341 g/mol. The molecule has 1 aromatic heterocycles. The van der Waals surface area contributed by atoms with Gasteiger partial charge in [-0.15, -0.1) is 0 Å². The maximum Gasteiger partial charge on any atom is 0.253 e. The Hall–Kier alpha value is -2.14. The minimum Gasteiger partial charge on any atom is -0.378 e. The van der Waals surface area contributed by atoms with Crippen molar-refractivity contribution in [3.8, 4) is 0 Å². The van der Waals surface area contributed by atoms with E-state index >= 15 is 0 Å². The van der Waals surface area contributed by atoms with Gasteiger partial charge in [-0.3, -0.25) is 9.48 Å². The molecule has 5 heteroatoms. The Morgan fingerprint density at radius 1 is 1.24 bits per heavy atom. The second kappa shape index (κ2) is 7.83. The first-order valence-corrected chi connectivity index (χ1v) is 9.07. The van der Waals surface area contributed by atoms with Gasteiger partial charge in [0.2, 0.25) is 0 Å². The van der Waals surface area contributed by atoms with Crippen molar-refractivity contribution in [1.82, 2.24) is 14.7 Å². The number of aromatic nitrogens is 2. The quantitative estimate of drug-likeness (QED) is 0.839. The van der Waals surface area contributed by atoms with Crippen LogP contribution in [0.2, 0.25) is 0 Å². The maximum absolute atomic E-state index is 12.8. The molecular formula is C20H27N3O2. The van der Waals surface area contributed by atoms with Crippen molar-refractivity contribution in [2.24, 2.45) is 0 Å². The minimum atomic E-state index is 0.116. The van der Waals surface area contributed by atoms with E-state index in [0.717, 1.165) is 55.1 Å². The first-order chi connectivity index (χ1) is 12.1. The molecule has 1 aliphatic rings. The Balaban J connectivity index is 1.67. The number of piperidine rings is 1. The number of likely N-dealkylation sites (tertiary alicyclic amines) is 1. The van der Waals surface area contributed by atoms with Crippen LogP contribution in [0.4, 0.5) is 0 Å². The molecule has 134 valence electrons. The van der Waals surface area contributed by atoms with Gasteiger partial charge in [-0.2, -0.15) is 5.10 Å². The Labute approximate surface area is 149 Å². The van der Waals surface area contributed by atoms with Gasteiger partial charge in [0.05, 0.1) is 18.3 Å². The molecule has 0 unspecified atom stereocenters. The molecule has 1 amide bonds. The molecule has 2 heterocycles. The lowest BCUT2D eigenvalue weighted by Gasteiger charge is -2.31. The van der Waals surface area contributed by atoms with Gasteiger partial charge in [0.1, 0.15) is 0 Å². The lowest BCUT2D eigenvalue weighted by Crippen LogP contribution is -2.40. The first-order valence-electron chi connectivity index (χ1n) is 9.07. The molecule has 0 radical (unpaired) electrons. The van der Waals surface area contributed by atoms with Crippen LogP contribution in [0.3, 0.4) is 0 Å². The van der Waals surface area contributed by atoms with Crippen molar-refractivity contribution in [2.75, 3.05) is 19.7 Å². The van der Waals surface area contributed by atoms with E-state index in [9.17, 15) is 4.79 Å². The molecule has 0 aliphatic carbocycles. The lowest BCUT2D eigenvalue weighted by molar-refractivity contribution is 0.0146. The third-order valence-corrected chi connectivity index (χ3v) is 4.74. The van der Waals surface area contributed by atoms with Crippen molar-refractivity contribution in [3.05, 3.63) is 52.8 Å². The van der Waals surface area contributed by atoms with Crippen LogP contribution < -0.4 is 0 Å². The average Bonchev–Trinajstić information content (AvgIpc) is 2.93. The topological polar surface area (TPSA) is 47.4 Å². The first kappa shape index (κ1) is 17.7. The fourth-order valence-electron chi connectivity index (χ4n) is 3.45. The van der Waals surface area contributed by atoms with Gasteiger partial charge in [0.25, 0.3) is 5.91 Å². The summed E-state index contributed by atoms with van der Waals surface area (Å²) in [5.41, 5.74) is 4.00. The van der Waals surface area contributed by atoms with Gasteiger partial charge in [-0.05, 0) is 57.4 Å². The normalized spacial score (nSPS) is 15.6. The summed E-state index contributed by atoms with van der Waals surface area (Å²) in [6.07, 6.45) is 2.14. The van der Waals surface area contributed by atoms with E-state index in [1.165, 1.54) is 0 Å². The van der Waals surface area contributed by atoms with Crippen molar-refractivity contribution >= 4 is 5.91 Å². The van der Waals surface area contributed by atoms with Gasteiger partial charge < -0.3 is 9.64 Å². The molecule has 1 saturated heterocycles. The summed E-state index contributed by atoms with van der Waals surface area (Å²) in [4.78, 5) is 14.7. The van der Waals surface area contributed by atoms with E-state index < -0.39 is 0 Å². The van der Waals surface area contributed by atoms with Gasteiger partial charge in [-0.1, -0.05) is 12.1 Å². The van der Waals surface area contributed by atoms with Gasteiger partial charge in [0.15, 0.2) is 0 Å². The zero-order valence-electron chi connectivity index (χ0n) is 15.4. The molecule has 2 aromatic rings. The Morgan fingerprint density at radius 3 is 2.64 bits per heavy atom. The van der Waals surface area contributed by atoms with Gasteiger partial charge in [-0.25, -0.2) is 0 Å². The lowest BCUT2D eigenvalue weighted by atomic mass is 10.0. The molecular weight excluding hydrogens is 314 g/mol. The van der Waals surface area contributed by atoms with Crippen LogP contribution in [0.5, 0.6) is 0 Å². The highest BCUT2D eigenvalue weighted by Crippen LogP contribution is 2.17. The summed E-state index contributed by atoms with van der Waals surface area (Å²) in [6.45, 7) is 9.04. The Morgan fingerprint density at radius 2 is 2.00 bits per heavy atom. The molecule has 0 N–H and O–H groups in total. The zero-order valence-corrected chi connectivity index (χ0v) is 15.4. The number of benzene rings is 1. The van der Waals surface area contributed by atoms with Crippen molar-refractivity contribution in [1.29, 1.82) is 0 Å². The number of hydrogen-bond donors (Lipinski definition) is 0. The largest absolute Gasteiger partial charge is 0.378 e. The van der Waals surface area contributed by atoms with Crippen LogP contribution >= 0.6 is 0 Å². The van der Waals surface area contributed by atoms with Gasteiger partial charge >= 0.3 is 0 Å². The monoisotopic (exact) mass is 341 g/mol. The molecule has 25 heavy (non-hydrogen) atoms. The molecule has 1 aliphatic heterocycles. The predicted molar refractivity (Wildman–Crippen MR) is 97.8 cm³/mol. The van der Waals surface area contributed by atoms with E-state index in [1.54, 1.807) is 0 Å². The summed E-state index contributed by atoms with van der Waals surface area (Å²) in [6, 6.07) is 9.97. The van der Waals surface area contributed by atoms with Crippen LogP contribution in [0.15, 0.2) is 30.3 Å². The van der Waals surface area contributed by atoms with Crippen LogP contribution in [0.25, 0.3) is 0 Å². The minimum absolute atomic E-state index is 0.116. The van der Waals surface area contributed by atoms with Crippen LogP contribution in [0, 0.1) is 13.8 Å². The standard InChI is InChI=1S/C20H27N3O2/c1-4-25-19-8-10-22(11-9-19)20(24)18-7-5-6-17(13-18)14-23-16(3)12-15(2)21-23/h5-7,12-13,19H,4,8-11,14H2,1-3H3. The van der Waals surface area contributed by atoms with E-state index in [-0.39, 0.29) is 5.91 Å². The summed E-state index contributed by atoms with van der Waals surface area (Å²) < 4.78 is 7.65. The fourth-order valence-corrected chi connectivity index (χ4v) is 3.45. The number of amides is 1. The molecule has 1 fully saturated rings. The van der Waals surface area contributed by atoms with Crippen molar-refractivity contribution in [2.45, 2.75) is 46.3 Å². The highest BCUT2D eigenvalue weighted by Gasteiger charge is 2.23. The molecule has 5 nitrogen and oxygen atoms in total. The van der Waals surface area contributed by atoms with Crippen LogP contribution in [0.1, 0.15) is 47.1 Å². The highest BCUT2D eigenvalue weighted by molar-refractivity contribution is 5.94. The molecule has 0 spiro atoms. The highest BCUT2D eigenvalue weighted by atomic mass is 16.5. The molecule has 0 atom stereocenters. The predicted octanol–water partition coefficient (Wildman–Crippen LogP) is 3.19. The zero-order chi connectivity index (χ0) is 17.8. The summed E-state index contributed by atoms with van der Waals surface area (Å²) in [7, 11) is 0. The van der Waals surface area contributed by atoms with Crippen molar-refractivity contribution < 1.29 is 9.53 Å². The van der Waals surface area contributed by atoms with E-state index in [1.807, 2.05) is 41.6 Å². The summed E-state index contributed by atoms with van der Waals surface area (Å²) >= 11 is 0. The number of carbonyl (C=O) groups excluding carboxylic acids is 1. The molecule has 1 aromatic carbocycles. The molecule has 3 rings (SSSR count). The molecule has 0 bridgehead atoms. The van der Waals surface area contributed by atoms with Crippen LogP contribution in [-0.2, 0) is 11.3 Å². The second-order valence-electron chi connectivity index (χ2n) is 6.73. The SMILES string of the molecule is CCOC1CCN(C(=O)c2cccc(Cn3nc(C)cc3C)c2)CC1. The van der Waals surface area contributed by atoms with E-state index in [2.05, 4.69) is 24.2 Å². The number of hydrogen-bond acceptors (Lipinski definition) is 3. The van der Waals surface area contributed by atoms with E-state index in [4.69, 9.17) is 4.74 Å². The number of aryl methyl sites for hydroxylation is 2. The Bertz CT molecular complexity index is 730. The molecule has 0 saturated carbocycles. The third-order valence-electron chi connectivity index (χ3n) is 4.74.